The topological polar surface area (TPSA) is 57.7 Å². The van der Waals surface area contributed by atoms with Crippen LogP contribution in [0.4, 0.5) is 5.13 Å². The number of anilines is 1. The van der Waals surface area contributed by atoms with Gasteiger partial charge in [-0.2, -0.15) is 0 Å². The number of morpholine rings is 1. The first-order valence-electron chi connectivity index (χ1n) is 10.1. The van der Waals surface area contributed by atoms with E-state index in [1.807, 2.05) is 0 Å². The van der Waals surface area contributed by atoms with Crippen LogP contribution in [-0.4, -0.2) is 73.2 Å². The highest BCUT2D eigenvalue weighted by molar-refractivity contribution is 7.15. The van der Waals surface area contributed by atoms with Gasteiger partial charge in [0.1, 0.15) is 0 Å². The Morgan fingerprint density at radius 3 is 2.73 bits per heavy atom. The Kier molecular flexibility index (Phi) is 6.20. The number of amides is 1. The van der Waals surface area contributed by atoms with Gasteiger partial charge in [-0.15, -0.1) is 11.3 Å². The van der Waals surface area contributed by atoms with Crippen molar-refractivity contribution >= 4 is 22.4 Å². The molecule has 4 rings (SSSR count). The van der Waals surface area contributed by atoms with Crippen LogP contribution in [0.25, 0.3) is 0 Å². The summed E-state index contributed by atoms with van der Waals surface area (Å²) in [4.78, 5) is 23.1. The fraction of sp³-hybridized carbons (Fsp3) is 0.789. The molecule has 0 bridgehead atoms. The molecule has 1 aliphatic carbocycles. The summed E-state index contributed by atoms with van der Waals surface area (Å²) in [5.41, 5.74) is 1.20. The molecule has 3 heterocycles. The highest BCUT2D eigenvalue weighted by Gasteiger charge is 2.23. The van der Waals surface area contributed by atoms with Gasteiger partial charge in [-0.1, -0.05) is 0 Å². The number of aryl methyl sites for hydroxylation is 2. The van der Waals surface area contributed by atoms with Crippen LogP contribution in [0.1, 0.15) is 36.3 Å². The second kappa shape index (κ2) is 8.78. The minimum Gasteiger partial charge on any atom is -0.379 e. The minimum atomic E-state index is 0.0872. The molecule has 2 aliphatic heterocycles. The summed E-state index contributed by atoms with van der Waals surface area (Å²) in [6, 6.07) is 0. The second-order valence-corrected chi connectivity index (χ2v) is 8.84. The molecule has 0 radical (unpaired) electrons. The molecular weight excluding hydrogens is 348 g/mol. The van der Waals surface area contributed by atoms with Crippen molar-refractivity contribution in [2.24, 2.45) is 5.92 Å². The fourth-order valence-electron chi connectivity index (χ4n) is 4.23. The maximum atomic E-state index is 12.3. The first kappa shape index (κ1) is 18.3. The normalized spacial score (nSPS) is 22.5. The van der Waals surface area contributed by atoms with Crippen molar-refractivity contribution in [1.82, 2.24) is 14.8 Å². The maximum Gasteiger partial charge on any atom is 0.240 e. The number of aromatic nitrogens is 1. The summed E-state index contributed by atoms with van der Waals surface area (Å²) < 4.78 is 5.41. The number of ether oxygens (including phenoxy) is 1. The average Bonchev–Trinajstić information content (AvgIpc) is 3.23. The highest BCUT2D eigenvalue weighted by atomic mass is 32.1. The minimum absolute atomic E-state index is 0.0872. The van der Waals surface area contributed by atoms with E-state index in [1.165, 1.54) is 42.8 Å². The third-order valence-corrected chi connectivity index (χ3v) is 6.95. The van der Waals surface area contributed by atoms with Crippen molar-refractivity contribution in [3.63, 3.8) is 0 Å². The zero-order valence-electron chi connectivity index (χ0n) is 15.5. The fourth-order valence-corrected chi connectivity index (χ4v) is 5.29. The van der Waals surface area contributed by atoms with Crippen molar-refractivity contribution in [1.29, 1.82) is 0 Å². The number of rotatable bonds is 6. The number of likely N-dealkylation sites (tertiary alicyclic amines) is 1. The third-order valence-electron chi connectivity index (χ3n) is 5.87. The van der Waals surface area contributed by atoms with Gasteiger partial charge in [0.05, 0.1) is 25.5 Å². The molecule has 144 valence electrons. The molecule has 3 aliphatic rings. The Labute approximate surface area is 159 Å². The predicted molar refractivity (Wildman–Crippen MR) is 104 cm³/mol. The number of hydrogen-bond acceptors (Lipinski definition) is 6. The lowest BCUT2D eigenvalue weighted by molar-refractivity contribution is -0.117. The van der Waals surface area contributed by atoms with E-state index < -0.39 is 0 Å². The molecule has 1 aromatic rings. The van der Waals surface area contributed by atoms with E-state index in [0.29, 0.717) is 6.54 Å². The summed E-state index contributed by atoms with van der Waals surface area (Å²) in [6.07, 6.45) is 7.11. The molecule has 2 fully saturated rings. The number of hydrogen-bond donors (Lipinski definition) is 1. The molecule has 0 aromatic carbocycles. The first-order chi connectivity index (χ1) is 12.8. The summed E-state index contributed by atoms with van der Waals surface area (Å²) in [6.45, 7) is 7.71. The molecule has 6 nitrogen and oxygen atoms in total. The monoisotopic (exact) mass is 378 g/mol. The Hall–Kier alpha value is -1.02. The van der Waals surface area contributed by atoms with Crippen molar-refractivity contribution in [2.45, 2.75) is 38.5 Å². The Morgan fingerprint density at radius 1 is 1.15 bits per heavy atom. The maximum absolute atomic E-state index is 12.3. The van der Waals surface area contributed by atoms with E-state index in [9.17, 15) is 4.79 Å². The van der Waals surface area contributed by atoms with Gasteiger partial charge >= 0.3 is 0 Å². The predicted octanol–water partition coefficient (Wildman–Crippen LogP) is 2.00. The Morgan fingerprint density at radius 2 is 1.96 bits per heavy atom. The van der Waals surface area contributed by atoms with Crippen molar-refractivity contribution in [2.75, 3.05) is 57.8 Å². The Bertz CT molecular complexity index is 585. The number of nitrogens with zero attached hydrogens (tertiary/aromatic N) is 3. The van der Waals surface area contributed by atoms with Gasteiger partial charge in [-0.05, 0) is 64.1 Å². The van der Waals surface area contributed by atoms with E-state index in [1.54, 1.807) is 11.3 Å². The second-order valence-electron chi connectivity index (χ2n) is 7.75. The molecule has 0 spiro atoms. The summed E-state index contributed by atoms with van der Waals surface area (Å²) in [7, 11) is 0. The van der Waals surface area contributed by atoms with Gasteiger partial charge in [-0.3, -0.25) is 14.6 Å². The smallest absolute Gasteiger partial charge is 0.240 e. The lowest BCUT2D eigenvalue weighted by Gasteiger charge is -2.33. The van der Waals surface area contributed by atoms with Gasteiger partial charge in [0, 0.05) is 18.0 Å². The molecule has 26 heavy (non-hydrogen) atoms. The lowest BCUT2D eigenvalue weighted by atomic mass is 9.93. The van der Waals surface area contributed by atoms with Gasteiger partial charge in [-0.25, -0.2) is 4.98 Å². The van der Waals surface area contributed by atoms with E-state index >= 15 is 0 Å². The third kappa shape index (κ3) is 4.82. The van der Waals surface area contributed by atoms with Crippen LogP contribution >= 0.6 is 11.3 Å². The van der Waals surface area contributed by atoms with Gasteiger partial charge < -0.3 is 10.1 Å². The number of carbonyl (C=O) groups excluding carboxylic acids is 1. The number of fused-ring (bicyclic) bond motifs is 1. The van der Waals surface area contributed by atoms with Crippen LogP contribution in [0.2, 0.25) is 0 Å². The first-order valence-corrected chi connectivity index (χ1v) is 10.9. The summed E-state index contributed by atoms with van der Waals surface area (Å²) in [5, 5.41) is 3.80. The van der Waals surface area contributed by atoms with Crippen molar-refractivity contribution in [3.05, 3.63) is 10.6 Å². The standard InChI is InChI=1S/C19H30N4O2S/c24-18(21-19-20-16-2-1-3-17(16)26-19)14-23-8-5-15(6-9-23)4-7-22-10-12-25-13-11-22/h15H,1-14H2,(H,20,21,24). The largest absolute Gasteiger partial charge is 0.379 e. The highest BCUT2D eigenvalue weighted by Crippen LogP contribution is 2.30. The molecule has 1 amide bonds. The molecule has 1 N–H and O–H groups in total. The van der Waals surface area contributed by atoms with Gasteiger partial charge in [0.25, 0.3) is 0 Å². The van der Waals surface area contributed by atoms with E-state index in [4.69, 9.17) is 4.74 Å². The molecule has 0 atom stereocenters. The Balaban J connectivity index is 1.14. The van der Waals surface area contributed by atoms with E-state index in [-0.39, 0.29) is 5.91 Å². The number of carbonyl (C=O) groups is 1. The van der Waals surface area contributed by atoms with E-state index in [2.05, 4.69) is 20.1 Å². The number of thiazole rings is 1. The van der Waals surface area contributed by atoms with Crippen LogP contribution in [0, 0.1) is 5.92 Å². The average molecular weight is 379 g/mol. The number of piperidine rings is 1. The zero-order valence-corrected chi connectivity index (χ0v) is 16.4. The van der Waals surface area contributed by atoms with Crippen LogP contribution in [0.15, 0.2) is 0 Å². The van der Waals surface area contributed by atoms with Gasteiger partial charge in [0.2, 0.25) is 5.91 Å². The van der Waals surface area contributed by atoms with Crippen LogP contribution in [0.5, 0.6) is 0 Å². The van der Waals surface area contributed by atoms with Crippen molar-refractivity contribution < 1.29 is 9.53 Å². The SMILES string of the molecule is O=C(CN1CCC(CCN2CCOCC2)CC1)Nc1nc2c(s1)CCC2. The van der Waals surface area contributed by atoms with Crippen LogP contribution in [0.3, 0.4) is 0 Å². The molecule has 7 heteroatoms. The molecule has 0 saturated carbocycles. The molecule has 1 aromatic heterocycles. The van der Waals surface area contributed by atoms with E-state index in [0.717, 1.165) is 63.3 Å². The van der Waals surface area contributed by atoms with Crippen LogP contribution in [-0.2, 0) is 22.4 Å². The number of nitrogens with one attached hydrogen (secondary N) is 1. The lowest BCUT2D eigenvalue weighted by Crippen LogP contribution is -2.41. The van der Waals surface area contributed by atoms with Crippen LogP contribution < -0.4 is 5.32 Å². The summed E-state index contributed by atoms with van der Waals surface area (Å²) in [5.74, 6) is 0.892. The summed E-state index contributed by atoms with van der Waals surface area (Å²) >= 11 is 1.66. The quantitative estimate of drug-likeness (QED) is 0.821. The molecular formula is C19H30N4O2S. The molecule has 0 unspecified atom stereocenters. The van der Waals surface area contributed by atoms with Crippen molar-refractivity contribution in [3.8, 4) is 0 Å². The van der Waals surface area contributed by atoms with Gasteiger partial charge in [0.15, 0.2) is 5.13 Å². The molecule has 2 saturated heterocycles. The zero-order chi connectivity index (χ0) is 17.8.